The second-order valence-corrected chi connectivity index (χ2v) is 4.11. The molecule has 0 bridgehead atoms. The van der Waals surface area contributed by atoms with E-state index < -0.39 is 0 Å². The van der Waals surface area contributed by atoms with Crippen molar-refractivity contribution in [2.75, 3.05) is 6.61 Å². The first-order valence-corrected chi connectivity index (χ1v) is 5.71. The van der Waals surface area contributed by atoms with E-state index in [0.717, 1.165) is 5.75 Å². The third kappa shape index (κ3) is 1.71. The summed E-state index contributed by atoms with van der Waals surface area (Å²) in [4.78, 5) is 0. The molecule has 0 radical (unpaired) electrons. The minimum absolute atomic E-state index is 0.717. The average Bonchev–Trinajstić information content (AvgIpc) is 2.23. The standard InChI is InChI=1S/C12H11IO/c1-2-14-11-8-7-9-5-3-4-6-10(9)12(11)13/h3-8H,2H2,1H3. The average molecular weight is 298 g/mol. The fraction of sp³-hybridized carbons (Fsp3) is 0.167. The van der Waals surface area contributed by atoms with Gasteiger partial charge in [0.05, 0.1) is 10.2 Å². The molecule has 0 aliphatic heterocycles. The molecule has 14 heavy (non-hydrogen) atoms. The van der Waals surface area contributed by atoms with Crippen LogP contribution in [-0.4, -0.2) is 6.61 Å². The van der Waals surface area contributed by atoms with Crippen LogP contribution in [0.5, 0.6) is 5.75 Å². The lowest BCUT2D eigenvalue weighted by atomic mass is 10.1. The van der Waals surface area contributed by atoms with Gasteiger partial charge >= 0.3 is 0 Å². The van der Waals surface area contributed by atoms with E-state index in [9.17, 15) is 0 Å². The van der Waals surface area contributed by atoms with Crippen LogP contribution in [-0.2, 0) is 0 Å². The van der Waals surface area contributed by atoms with Gasteiger partial charge in [0, 0.05) is 0 Å². The molecule has 0 saturated carbocycles. The number of ether oxygens (including phenoxy) is 1. The van der Waals surface area contributed by atoms with Gasteiger partial charge in [0.2, 0.25) is 0 Å². The first kappa shape index (κ1) is 9.77. The first-order chi connectivity index (χ1) is 6.83. The zero-order valence-electron chi connectivity index (χ0n) is 7.96. The molecule has 1 nitrogen and oxygen atoms in total. The molecule has 2 rings (SSSR count). The summed E-state index contributed by atoms with van der Waals surface area (Å²) in [5.74, 6) is 0.979. The largest absolute Gasteiger partial charge is 0.493 e. The Bertz CT molecular complexity index is 451. The van der Waals surface area contributed by atoms with Crippen LogP contribution >= 0.6 is 22.6 Å². The zero-order valence-corrected chi connectivity index (χ0v) is 10.1. The summed E-state index contributed by atoms with van der Waals surface area (Å²) in [6.45, 7) is 2.72. The highest BCUT2D eigenvalue weighted by molar-refractivity contribution is 14.1. The molecule has 0 atom stereocenters. The Kier molecular flexibility index (Phi) is 2.91. The fourth-order valence-corrected chi connectivity index (χ4v) is 2.31. The lowest BCUT2D eigenvalue weighted by Gasteiger charge is -2.08. The van der Waals surface area contributed by atoms with Crippen molar-refractivity contribution in [1.82, 2.24) is 0 Å². The van der Waals surface area contributed by atoms with Crippen LogP contribution in [0.1, 0.15) is 6.92 Å². The molecular formula is C12H11IO. The number of hydrogen-bond acceptors (Lipinski definition) is 1. The van der Waals surface area contributed by atoms with Gasteiger partial charge in [-0.25, -0.2) is 0 Å². The molecule has 2 heteroatoms. The van der Waals surface area contributed by atoms with Crippen LogP contribution in [0.2, 0.25) is 0 Å². The van der Waals surface area contributed by atoms with Crippen LogP contribution < -0.4 is 4.74 Å². The van der Waals surface area contributed by atoms with Crippen molar-refractivity contribution in [1.29, 1.82) is 0 Å². The Morgan fingerprint density at radius 3 is 2.71 bits per heavy atom. The van der Waals surface area contributed by atoms with Gasteiger partial charge in [0.15, 0.2) is 0 Å². The van der Waals surface area contributed by atoms with E-state index >= 15 is 0 Å². The van der Waals surface area contributed by atoms with Crippen LogP contribution in [0.15, 0.2) is 36.4 Å². The highest BCUT2D eigenvalue weighted by Crippen LogP contribution is 2.29. The van der Waals surface area contributed by atoms with Crippen LogP contribution in [0.25, 0.3) is 10.8 Å². The van der Waals surface area contributed by atoms with Crippen molar-refractivity contribution in [2.45, 2.75) is 6.92 Å². The smallest absolute Gasteiger partial charge is 0.133 e. The van der Waals surface area contributed by atoms with Gasteiger partial charge in [-0.15, -0.1) is 0 Å². The van der Waals surface area contributed by atoms with E-state index in [-0.39, 0.29) is 0 Å². The van der Waals surface area contributed by atoms with Gasteiger partial charge in [0.25, 0.3) is 0 Å². The molecule has 2 aromatic carbocycles. The van der Waals surface area contributed by atoms with Crippen molar-refractivity contribution in [3.63, 3.8) is 0 Å². The molecular weight excluding hydrogens is 287 g/mol. The SMILES string of the molecule is CCOc1ccc2ccccc2c1I. The Morgan fingerprint density at radius 2 is 1.93 bits per heavy atom. The third-order valence-corrected chi connectivity index (χ3v) is 3.24. The summed E-state index contributed by atoms with van der Waals surface area (Å²) in [7, 11) is 0. The lowest BCUT2D eigenvalue weighted by molar-refractivity contribution is 0.338. The van der Waals surface area contributed by atoms with E-state index in [0.29, 0.717) is 6.61 Å². The van der Waals surface area contributed by atoms with Gasteiger partial charge in [-0.2, -0.15) is 0 Å². The van der Waals surface area contributed by atoms with Crippen LogP contribution in [0, 0.1) is 3.57 Å². The number of benzene rings is 2. The molecule has 0 spiro atoms. The molecule has 0 N–H and O–H groups in total. The summed E-state index contributed by atoms with van der Waals surface area (Å²) in [6, 6.07) is 12.5. The maximum absolute atomic E-state index is 5.54. The molecule has 2 aromatic rings. The van der Waals surface area contributed by atoms with Crippen molar-refractivity contribution >= 4 is 33.4 Å². The molecule has 0 unspecified atom stereocenters. The molecule has 0 aromatic heterocycles. The number of rotatable bonds is 2. The highest BCUT2D eigenvalue weighted by atomic mass is 127. The summed E-state index contributed by atoms with van der Waals surface area (Å²) in [5.41, 5.74) is 0. The Morgan fingerprint density at radius 1 is 1.14 bits per heavy atom. The quantitative estimate of drug-likeness (QED) is 0.765. The van der Waals surface area contributed by atoms with Gasteiger partial charge in [0.1, 0.15) is 5.75 Å². The number of fused-ring (bicyclic) bond motifs is 1. The maximum Gasteiger partial charge on any atom is 0.133 e. The molecule has 0 aliphatic carbocycles. The zero-order chi connectivity index (χ0) is 9.97. The molecule has 0 fully saturated rings. The van der Waals surface area contributed by atoms with Gasteiger partial charge in [-0.05, 0) is 46.4 Å². The minimum Gasteiger partial charge on any atom is -0.493 e. The summed E-state index contributed by atoms with van der Waals surface area (Å²) in [6.07, 6.45) is 0. The molecule has 0 saturated heterocycles. The molecule has 0 amide bonds. The lowest BCUT2D eigenvalue weighted by Crippen LogP contribution is -1.94. The Labute approximate surface area is 97.2 Å². The van der Waals surface area contributed by atoms with E-state index in [1.54, 1.807) is 0 Å². The van der Waals surface area contributed by atoms with Crippen molar-refractivity contribution < 1.29 is 4.74 Å². The molecule has 0 heterocycles. The first-order valence-electron chi connectivity index (χ1n) is 4.63. The summed E-state index contributed by atoms with van der Waals surface area (Å²) in [5, 5.41) is 2.53. The van der Waals surface area contributed by atoms with E-state index in [1.165, 1.54) is 14.3 Å². The molecule has 0 aliphatic rings. The summed E-state index contributed by atoms with van der Waals surface area (Å²) >= 11 is 2.34. The third-order valence-electron chi connectivity index (χ3n) is 2.13. The van der Waals surface area contributed by atoms with Gasteiger partial charge in [-0.1, -0.05) is 30.3 Å². The summed E-state index contributed by atoms with van der Waals surface area (Å²) < 4.78 is 6.73. The Balaban J connectivity index is 2.63. The van der Waals surface area contributed by atoms with E-state index in [4.69, 9.17) is 4.74 Å². The number of halogens is 1. The maximum atomic E-state index is 5.54. The van der Waals surface area contributed by atoms with E-state index in [2.05, 4.69) is 52.9 Å². The predicted octanol–water partition coefficient (Wildman–Crippen LogP) is 3.84. The van der Waals surface area contributed by atoms with Crippen molar-refractivity contribution in [3.8, 4) is 5.75 Å². The van der Waals surface area contributed by atoms with Gasteiger partial charge < -0.3 is 4.74 Å². The highest BCUT2D eigenvalue weighted by Gasteiger charge is 2.04. The topological polar surface area (TPSA) is 9.23 Å². The van der Waals surface area contributed by atoms with Crippen molar-refractivity contribution in [2.24, 2.45) is 0 Å². The Hall–Kier alpha value is -0.770. The fourth-order valence-electron chi connectivity index (χ4n) is 1.48. The van der Waals surface area contributed by atoms with Crippen LogP contribution in [0.3, 0.4) is 0 Å². The van der Waals surface area contributed by atoms with Crippen molar-refractivity contribution in [3.05, 3.63) is 40.0 Å². The van der Waals surface area contributed by atoms with E-state index in [1.807, 2.05) is 13.0 Å². The second-order valence-electron chi connectivity index (χ2n) is 3.03. The molecule has 72 valence electrons. The normalized spacial score (nSPS) is 10.4. The number of hydrogen-bond donors (Lipinski definition) is 0. The predicted molar refractivity (Wildman–Crippen MR) is 67.8 cm³/mol. The van der Waals surface area contributed by atoms with Gasteiger partial charge in [-0.3, -0.25) is 0 Å². The van der Waals surface area contributed by atoms with Crippen LogP contribution in [0.4, 0.5) is 0 Å². The second kappa shape index (κ2) is 4.17. The minimum atomic E-state index is 0.717. The monoisotopic (exact) mass is 298 g/mol.